The summed E-state index contributed by atoms with van der Waals surface area (Å²) in [6.07, 6.45) is 3.48. The Morgan fingerprint density at radius 3 is 2.40 bits per heavy atom. The van der Waals surface area contributed by atoms with Gasteiger partial charge in [-0.05, 0) is 13.0 Å². The molecule has 1 aliphatic rings. The third-order valence-corrected chi connectivity index (χ3v) is 3.05. The van der Waals surface area contributed by atoms with Gasteiger partial charge in [-0.2, -0.15) is 0 Å². The molecule has 1 aliphatic heterocycles. The molecule has 0 spiro atoms. The number of nitrogens with one attached hydrogen (secondary N) is 1. The zero-order valence-electron chi connectivity index (χ0n) is 8.89. The van der Waals surface area contributed by atoms with Crippen molar-refractivity contribution in [2.45, 2.75) is 6.92 Å². The van der Waals surface area contributed by atoms with E-state index in [1.165, 1.54) is 0 Å². The summed E-state index contributed by atoms with van der Waals surface area (Å²) in [6, 6.07) is 0. The second-order valence-corrected chi connectivity index (χ2v) is 4.09. The third-order valence-electron chi connectivity index (χ3n) is 2.32. The first-order valence-corrected chi connectivity index (χ1v) is 5.76. The van der Waals surface area contributed by atoms with Crippen LogP contribution < -0.4 is 5.32 Å². The van der Waals surface area contributed by atoms with E-state index in [9.17, 15) is 0 Å². The van der Waals surface area contributed by atoms with Gasteiger partial charge in [-0.3, -0.25) is 0 Å². The quantitative estimate of drug-likeness (QED) is 0.771. The predicted octanol–water partition coefficient (Wildman–Crippen LogP) is 2.67. The van der Waals surface area contributed by atoms with E-state index in [1.807, 2.05) is 13.0 Å². The van der Waals surface area contributed by atoms with E-state index >= 15 is 0 Å². The maximum absolute atomic E-state index is 6.15. The molecule has 0 aromatic heterocycles. The number of piperazine rings is 1. The van der Waals surface area contributed by atoms with Gasteiger partial charge in [0.05, 0.1) is 15.8 Å². The smallest absolute Gasteiger partial charge is 0.0742 e. The van der Waals surface area contributed by atoms with E-state index in [0.29, 0.717) is 10.1 Å². The zero-order chi connectivity index (χ0) is 11.3. The second kappa shape index (κ2) is 6.21. The molecule has 1 rings (SSSR count). The normalized spacial score (nSPS) is 19.9. The predicted molar refractivity (Wildman–Crippen MR) is 67.1 cm³/mol. The van der Waals surface area contributed by atoms with Crippen molar-refractivity contribution in [3.8, 4) is 0 Å². The number of allylic oxidation sites excluding steroid dienone is 4. The van der Waals surface area contributed by atoms with Crippen molar-refractivity contribution in [3.05, 3.63) is 34.5 Å². The first kappa shape index (κ1) is 12.6. The fraction of sp³-hybridized carbons (Fsp3) is 0.455. The standard InChI is InChI=1S/C11H16Cl2N2/c1-3-9(12)11(10(13)4-2)15-7-5-14-6-8-15/h3-4,14H,1,5-8H2,2H3/b10-4+,11-9-. The Balaban J connectivity index is 2.95. The zero-order valence-corrected chi connectivity index (χ0v) is 10.4. The summed E-state index contributed by atoms with van der Waals surface area (Å²) in [4.78, 5) is 2.18. The Morgan fingerprint density at radius 1 is 1.33 bits per heavy atom. The van der Waals surface area contributed by atoms with Gasteiger partial charge in [0, 0.05) is 26.2 Å². The SMILES string of the molecule is C=C/C(Cl)=C(\C(Cl)=C/C)N1CCNCC1. The van der Waals surface area contributed by atoms with Crippen LogP contribution in [0.5, 0.6) is 0 Å². The summed E-state index contributed by atoms with van der Waals surface area (Å²) in [5.74, 6) is 0. The fourth-order valence-corrected chi connectivity index (χ4v) is 2.03. The van der Waals surface area contributed by atoms with E-state index in [4.69, 9.17) is 23.2 Å². The molecule has 1 heterocycles. The van der Waals surface area contributed by atoms with E-state index in [1.54, 1.807) is 6.08 Å². The lowest BCUT2D eigenvalue weighted by Crippen LogP contribution is -2.43. The minimum absolute atomic E-state index is 0.611. The first-order valence-electron chi connectivity index (χ1n) is 5.00. The van der Waals surface area contributed by atoms with Crippen molar-refractivity contribution in [3.63, 3.8) is 0 Å². The molecule has 0 radical (unpaired) electrons. The maximum Gasteiger partial charge on any atom is 0.0742 e. The van der Waals surface area contributed by atoms with E-state index in [0.717, 1.165) is 31.9 Å². The molecule has 0 amide bonds. The van der Waals surface area contributed by atoms with Gasteiger partial charge in [-0.1, -0.05) is 35.9 Å². The molecule has 1 saturated heterocycles. The number of rotatable bonds is 3. The lowest BCUT2D eigenvalue weighted by atomic mass is 10.2. The molecule has 1 N–H and O–H groups in total. The molecule has 1 fully saturated rings. The van der Waals surface area contributed by atoms with Crippen LogP contribution in [0.25, 0.3) is 0 Å². The van der Waals surface area contributed by atoms with Crippen molar-refractivity contribution in [2.75, 3.05) is 26.2 Å². The summed E-state index contributed by atoms with van der Waals surface area (Å²) >= 11 is 12.3. The summed E-state index contributed by atoms with van der Waals surface area (Å²) < 4.78 is 0. The molecule has 0 aromatic carbocycles. The fourth-order valence-electron chi connectivity index (χ4n) is 1.54. The van der Waals surface area contributed by atoms with Crippen LogP contribution in [-0.2, 0) is 0 Å². The molecule has 0 bridgehead atoms. The van der Waals surface area contributed by atoms with Gasteiger partial charge in [0.25, 0.3) is 0 Å². The Morgan fingerprint density at radius 2 is 1.93 bits per heavy atom. The van der Waals surface area contributed by atoms with Crippen LogP contribution in [0.3, 0.4) is 0 Å². The topological polar surface area (TPSA) is 15.3 Å². The van der Waals surface area contributed by atoms with Gasteiger partial charge in [0.15, 0.2) is 0 Å². The summed E-state index contributed by atoms with van der Waals surface area (Å²) in [6.45, 7) is 9.33. The van der Waals surface area contributed by atoms with Crippen LogP contribution in [0.1, 0.15) is 6.92 Å². The highest BCUT2D eigenvalue weighted by Gasteiger charge is 2.17. The largest absolute Gasteiger partial charge is 0.367 e. The summed E-state index contributed by atoms with van der Waals surface area (Å²) in [5.41, 5.74) is 0.886. The second-order valence-electron chi connectivity index (χ2n) is 3.27. The van der Waals surface area contributed by atoms with Gasteiger partial charge < -0.3 is 10.2 Å². The van der Waals surface area contributed by atoms with Gasteiger partial charge in [0.1, 0.15) is 0 Å². The van der Waals surface area contributed by atoms with Crippen molar-refractivity contribution in [2.24, 2.45) is 0 Å². The summed E-state index contributed by atoms with van der Waals surface area (Å²) in [7, 11) is 0. The molecule has 0 saturated carbocycles. The van der Waals surface area contributed by atoms with E-state index < -0.39 is 0 Å². The van der Waals surface area contributed by atoms with Crippen LogP contribution in [0, 0.1) is 0 Å². The van der Waals surface area contributed by atoms with Crippen LogP contribution in [0.2, 0.25) is 0 Å². The molecular weight excluding hydrogens is 231 g/mol. The highest BCUT2D eigenvalue weighted by molar-refractivity contribution is 6.36. The van der Waals surface area contributed by atoms with E-state index in [-0.39, 0.29) is 0 Å². The Labute approximate surface area is 101 Å². The Kier molecular flexibility index (Phi) is 5.23. The molecular formula is C11H16Cl2N2. The average molecular weight is 247 g/mol. The van der Waals surface area contributed by atoms with Crippen molar-refractivity contribution < 1.29 is 0 Å². The molecule has 4 heteroatoms. The molecule has 2 nitrogen and oxygen atoms in total. The minimum Gasteiger partial charge on any atom is -0.367 e. The third kappa shape index (κ3) is 3.26. The van der Waals surface area contributed by atoms with Crippen LogP contribution in [0.4, 0.5) is 0 Å². The summed E-state index contributed by atoms with van der Waals surface area (Å²) in [5, 5.41) is 4.58. The molecule has 0 aliphatic carbocycles. The van der Waals surface area contributed by atoms with Gasteiger partial charge in [0.2, 0.25) is 0 Å². The maximum atomic E-state index is 6.15. The van der Waals surface area contributed by atoms with Crippen molar-refractivity contribution in [1.29, 1.82) is 0 Å². The van der Waals surface area contributed by atoms with Crippen molar-refractivity contribution in [1.82, 2.24) is 10.2 Å². The molecule has 84 valence electrons. The lowest BCUT2D eigenvalue weighted by Gasteiger charge is -2.31. The van der Waals surface area contributed by atoms with Crippen molar-refractivity contribution >= 4 is 23.2 Å². The molecule has 0 aromatic rings. The van der Waals surface area contributed by atoms with Crippen LogP contribution in [-0.4, -0.2) is 31.1 Å². The highest BCUT2D eigenvalue weighted by Crippen LogP contribution is 2.25. The van der Waals surface area contributed by atoms with Crippen LogP contribution >= 0.6 is 23.2 Å². The Bertz CT molecular complexity index is 289. The number of nitrogens with zero attached hydrogens (tertiary/aromatic N) is 1. The van der Waals surface area contributed by atoms with Gasteiger partial charge in [-0.15, -0.1) is 0 Å². The molecule has 0 atom stereocenters. The van der Waals surface area contributed by atoms with Crippen LogP contribution in [0.15, 0.2) is 34.5 Å². The molecule has 0 unspecified atom stereocenters. The number of hydrogen-bond donors (Lipinski definition) is 1. The first-order chi connectivity index (χ1) is 7.20. The number of halogens is 2. The lowest BCUT2D eigenvalue weighted by molar-refractivity contribution is 0.305. The highest BCUT2D eigenvalue weighted by atomic mass is 35.5. The van der Waals surface area contributed by atoms with Gasteiger partial charge in [-0.25, -0.2) is 0 Å². The average Bonchev–Trinajstić information content (AvgIpc) is 2.30. The Hall–Kier alpha value is -0.440. The van der Waals surface area contributed by atoms with E-state index in [2.05, 4.69) is 16.8 Å². The minimum atomic E-state index is 0.611. The monoisotopic (exact) mass is 246 g/mol. The van der Waals surface area contributed by atoms with Gasteiger partial charge >= 0.3 is 0 Å². The molecule has 15 heavy (non-hydrogen) atoms. The number of hydrogen-bond acceptors (Lipinski definition) is 2.